The standard InChI is InChI=1S/C17H28N4S4/c1-3-5-18-7-11-20(12-8-18)16(22)24-15-25-17(23)21-13-9-19(6-4-2)10-14-21/h3-4H,1-2,5-15H2. The zero-order valence-corrected chi connectivity index (χ0v) is 18.0. The fraction of sp³-hybridized carbons (Fsp3) is 0.647. The van der Waals surface area contributed by atoms with Crippen molar-refractivity contribution in [3.63, 3.8) is 0 Å². The first-order chi connectivity index (χ1) is 12.1. The zero-order valence-electron chi connectivity index (χ0n) is 14.8. The third-order valence-electron chi connectivity index (χ3n) is 4.40. The third-order valence-corrected chi connectivity index (χ3v) is 7.58. The minimum Gasteiger partial charge on any atom is -0.355 e. The van der Waals surface area contributed by atoms with Crippen LogP contribution in [0.4, 0.5) is 0 Å². The van der Waals surface area contributed by atoms with Gasteiger partial charge in [-0.15, -0.1) is 13.2 Å². The van der Waals surface area contributed by atoms with Gasteiger partial charge >= 0.3 is 0 Å². The van der Waals surface area contributed by atoms with E-state index < -0.39 is 0 Å². The fourth-order valence-electron chi connectivity index (χ4n) is 2.90. The highest BCUT2D eigenvalue weighted by atomic mass is 32.2. The van der Waals surface area contributed by atoms with Crippen LogP contribution in [0.5, 0.6) is 0 Å². The number of rotatable bonds is 6. The molecular formula is C17H28N4S4. The van der Waals surface area contributed by atoms with E-state index in [-0.39, 0.29) is 0 Å². The van der Waals surface area contributed by atoms with Crippen LogP contribution in [-0.2, 0) is 0 Å². The average molecular weight is 417 g/mol. The first-order valence-corrected chi connectivity index (χ1v) is 11.4. The van der Waals surface area contributed by atoms with Gasteiger partial charge in [0.2, 0.25) is 0 Å². The number of hydrogen-bond donors (Lipinski definition) is 0. The lowest BCUT2D eigenvalue weighted by atomic mass is 10.3. The van der Waals surface area contributed by atoms with Crippen molar-refractivity contribution in [3.8, 4) is 0 Å². The van der Waals surface area contributed by atoms with E-state index in [0.717, 1.165) is 79.2 Å². The van der Waals surface area contributed by atoms with Crippen molar-refractivity contribution in [2.24, 2.45) is 0 Å². The van der Waals surface area contributed by atoms with Crippen molar-refractivity contribution in [1.82, 2.24) is 19.6 Å². The molecule has 0 aromatic carbocycles. The Morgan fingerprint density at radius 2 is 1.08 bits per heavy atom. The molecule has 25 heavy (non-hydrogen) atoms. The topological polar surface area (TPSA) is 13.0 Å². The lowest BCUT2D eigenvalue weighted by Gasteiger charge is -2.36. The van der Waals surface area contributed by atoms with E-state index in [1.807, 2.05) is 12.2 Å². The summed E-state index contributed by atoms with van der Waals surface area (Å²) in [4.78, 5) is 9.45. The molecule has 2 aliphatic heterocycles. The van der Waals surface area contributed by atoms with Gasteiger partial charge in [-0.1, -0.05) is 60.1 Å². The summed E-state index contributed by atoms with van der Waals surface area (Å²) in [5, 5.41) is 0.900. The predicted octanol–water partition coefficient (Wildman–Crippen LogP) is 2.59. The lowest BCUT2D eigenvalue weighted by molar-refractivity contribution is 0.202. The highest BCUT2D eigenvalue weighted by Gasteiger charge is 2.20. The quantitative estimate of drug-likeness (QED) is 0.368. The molecular weight excluding hydrogens is 388 g/mol. The molecule has 2 heterocycles. The molecule has 0 radical (unpaired) electrons. The number of thiocarbonyl (C=S) groups is 2. The molecule has 4 nitrogen and oxygen atoms in total. The van der Waals surface area contributed by atoms with Crippen LogP contribution in [0.3, 0.4) is 0 Å². The highest BCUT2D eigenvalue weighted by molar-refractivity contribution is 8.35. The molecule has 0 aromatic rings. The van der Waals surface area contributed by atoms with Crippen molar-refractivity contribution < 1.29 is 0 Å². The van der Waals surface area contributed by atoms with Gasteiger partial charge in [-0.2, -0.15) is 0 Å². The first-order valence-electron chi connectivity index (χ1n) is 8.64. The molecule has 2 aliphatic rings. The summed E-state index contributed by atoms with van der Waals surface area (Å²) >= 11 is 14.7. The Morgan fingerprint density at radius 3 is 1.40 bits per heavy atom. The summed E-state index contributed by atoms with van der Waals surface area (Å²) in [5.41, 5.74) is 0. The van der Waals surface area contributed by atoms with Crippen LogP contribution >= 0.6 is 48.0 Å². The summed E-state index contributed by atoms with van der Waals surface area (Å²) in [6, 6.07) is 0. The number of nitrogens with zero attached hydrogens (tertiary/aromatic N) is 4. The van der Waals surface area contributed by atoms with Crippen molar-refractivity contribution in [2.75, 3.05) is 70.5 Å². The lowest BCUT2D eigenvalue weighted by Crippen LogP contribution is -2.47. The molecule has 0 atom stereocenters. The Bertz CT molecular complexity index is 427. The molecule has 2 fully saturated rings. The van der Waals surface area contributed by atoms with E-state index in [1.54, 1.807) is 23.5 Å². The summed E-state index contributed by atoms with van der Waals surface area (Å²) in [6.07, 6.45) is 3.94. The molecule has 0 unspecified atom stereocenters. The van der Waals surface area contributed by atoms with Crippen LogP contribution in [0.15, 0.2) is 25.3 Å². The molecule has 0 spiro atoms. The highest BCUT2D eigenvalue weighted by Crippen LogP contribution is 2.21. The van der Waals surface area contributed by atoms with Gasteiger partial charge in [-0.25, -0.2) is 0 Å². The predicted molar refractivity (Wildman–Crippen MR) is 122 cm³/mol. The van der Waals surface area contributed by atoms with E-state index in [4.69, 9.17) is 24.4 Å². The Hall–Kier alpha value is -0.120. The summed E-state index contributed by atoms with van der Waals surface area (Å²) in [5.74, 6) is 0. The van der Waals surface area contributed by atoms with Gasteiger partial charge in [-0.05, 0) is 0 Å². The minimum absolute atomic E-state index is 0.900. The maximum atomic E-state index is 5.59. The van der Waals surface area contributed by atoms with Crippen LogP contribution in [0.2, 0.25) is 0 Å². The second-order valence-corrected chi connectivity index (χ2v) is 9.67. The normalized spacial score (nSPS) is 19.7. The van der Waals surface area contributed by atoms with Crippen LogP contribution in [0.25, 0.3) is 0 Å². The van der Waals surface area contributed by atoms with Crippen molar-refractivity contribution in [2.45, 2.75) is 0 Å². The van der Waals surface area contributed by atoms with Gasteiger partial charge in [0.05, 0.1) is 5.08 Å². The molecule has 0 saturated carbocycles. The van der Waals surface area contributed by atoms with Crippen molar-refractivity contribution in [1.29, 1.82) is 0 Å². The zero-order chi connectivity index (χ0) is 18.1. The smallest absolute Gasteiger partial charge is 0.137 e. The molecule has 0 aliphatic carbocycles. The molecule has 2 saturated heterocycles. The Kier molecular flexibility index (Phi) is 9.80. The molecule has 0 aromatic heterocycles. The monoisotopic (exact) mass is 416 g/mol. The molecule has 0 amide bonds. The van der Waals surface area contributed by atoms with Crippen molar-refractivity contribution >= 4 is 56.6 Å². The SMILES string of the molecule is C=CCN1CCN(C(=S)SCSC(=S)N2CCN(CC=C)CC2)CC1. The summed E-state index contributed by atoms with van der Waals surface area (Å²) < 4.78 is 2.01. The van der Waals surface area contributed by atoms with E-state index in [2.05, 4.69) is 32.8 Å². The second-order valence-electron chi connectivity index (χ2n) is 6.09. The van der Waals surface area contributed by atoms with Gasteiger partial charge in [-0.3, -0.25) is 9.80 Å². The maximum absolute atomic E-state index is 5.59. The van der Waals surface area contributed by atoms with Gasteiger partial charge in [0.15, 0.2) is 0 Å². The molecule has 2 rings (SSSR count). The molecule has 0 N–H and O–H groups in total. The van der Waals surface area contributed by atoms with E-state index in [9.17, 15) is 0 Å². The second kappa shape index (κ2) is 11.6. The molecule has 0 bridgehead atoms. The molecule has 140 valence electrons. The number of thioether (sulfide) groups is 2. The van der Waals surface area contributed by atoms with Crippen LogP contribution in [-0.4, -0.2) is 98.8 Å². The fourth-order valence-corrected chi connectivity index (χ4v) is 5.91. The Labute approximate surface area is 171 Å². The van der Waals surface area contributed by atoms with Crippen molar-refractivity contribution in [3.05, 3.63) is 25.3 Å². The van der Waals surface area contributed by atoms with Gasteiger partial charge in [0, 0.05) is 65.4 Å². The van der Waals surface area contributed by atoms with Gasteiger partial charge in [0.1, 0.15) is 8.64 Å². The summed E-state index contributed by atoms with van der Waals surface area (Å²) in [6.45, 7) is 17.9. The number of piperazine rings is 2. The van der Waals surface area contributed by atoms with Crippen LogP contribution in [0.1, 0.15) is 0 Å². The van der Waals surface area contributed by atoms with Crippen LogP contribution in [0, 0.1) is 0 Å². The Balaban J connectivity index is 1.60. The van der Waals surface area contributed by atoms with Gasteiger partial charge < -0.3 is 9.80 Å². The third kappa shape index (κ3) is 7.19. The largest absolute Gasteiger partial charge is 0.355 e. The minimum atomic E-state index is 0.900. The molecule has 8 heteroatoms. The van der Waals surface area contributed by atoms with Crippen LogP contribution < -0.4 is 0 Å². The van der Waals surface area contributed by atoms with E-state index >= 15 is 0 Å². The van der Waals surface area contributed by atoms with E-state index in [1.165, 1.54) is 0 Å². The van der Waals surface area contributed by atoms with Gasteiger partial charge in [0.25, 0.3) is 0 Å². The average Bonchev–Trinajstić information content (AvgIpc) is 2.63. The maximum Gasteiger partial charge on any atom is 0.137 e. The summed E-state index contributed by atoms with van der Waals surface area (Å²) in [7, 11) is 0. The Morgan fingerprint density at radius 1 is 0.720 bits per heavy atom. The first kappa shape index (κ1) is 21.2. The number of hydrogen-bond acceptors (Lipinski definition) is 6. The van der Waals surface area contributed by atoms with E-state index in [0.29, 0.717) is 0 Å².